The lowest BCUT2D eigenvalue weighted by Crippen LogP contribution is -2.00. The molecule has 0 unspecified atom stereocenters. The molecular weight excluding hydrogens is 550 g/mol. The molecule has 9 rings (SSSR count). The van der Waals surface area contributed by atoms with E-state index in [1.54, 1.807) is 0 Å². The van der Waals surface area contributed by atoms with Crippen molar-refractivity contribution < 1.29 is 4.42 Å². The lowest BCUT2D eigenvalue weighted by molar-refractivity contribution is 0.669. The topological polar surface area (TPSA) is 51.8 Å². The third kappa shape index (κ3) is 4.19. The molecule has 0 N–H and O–H groups in total. The zero-order valence-electron chi connectivity index (χ0n) is 24.2. The molecule has 0 amide bonds. The van der Waals surface area contributed by atoms with Gasteiger partial charge in [0.15, 0.2) is 17.5 Å². The van der Waals surface area contributed by atoms with Crippen molar-refractivity contribution in [2.75, 3.05) is 0 Å². The number of hydrogen-bond acceptors (Lipinski definition) is 4. The van der Waals surface area contributed by atoms with E-state index in [4.69, 9.17) is 19.4 Å². The minimum Gasteiger partial charge on any atom is -0.456 e. The van der Waals surface area contributed by atoms with Crippen LogP contribution < -0.4 is 0 Å². The average Bonchev–Trinajstić information content (AvgIpc) is 3.49. The van der Waals surface area contributed by atoms with Gasteiger partial charge < -0.3 is 4.42 Å². The highest BCUT2D eigenvalue weighted by Crippen LogP contribution is 2.44. The molecule has 2 aromatic heterocycles. The molecule has 7 aromatic carbocycles. The fraction of sp³-hybridized carbons (Fsp3) is 0. The van der Waals surface area contributed by atoms with Crippen LogP contribution in [0.1, 0.15) is 0 Å². The smallest absolute Gasteiger partial charge is 0.164 e. The Morgan fingerprint density at radius 3 is 1.62 bits per heavy atom. The summed E-state index contributed by atoms with van der Waals surface area (Å²) in [7, 11) is 0. The molecule has 0 saturated heterocycles. The van der Waals surface area contributed by atoms with Gasteiger partial charge in [0, 0.05) is 33.0 Å². The largest absolute Gasteiger partial charge is 0.456 e. The first-order valence-electron chi connectivity index (χ1n) is 15.0. The van der Waals surface area contributed by atoms with Crippen LogP contribution >= 0.6 is 0 Å². The van der Waals surface area contributed by atoms with E-state index >= 15 is 0 Å². The van der Waals surface area contributed by atoms with Crippen LogP contribution in [0.2, 0.25) is 0 Å². The fourth-order valence-electron chi connectivity index (χ4n) is 6.48. The molecule has 0 radical (unpaired) electrons. The van der Waals surface area contributed by atoms with Gasteiger partial charge in [0.2, 0.25) is 0 Å². The number of benzene rings is 7. The maximum absolute atomic E-state index is 6.41. The third-order valence-electron chi connectivity index (χ3n) is 8.52. The number of furan rings is 1. The summed E-state index contributed by atoms with van der Waals surface area (Å²) < 4.78 is 6.41. The quantitative estimate of drug-likeness (QED) is 0.209. The predicted molar refractivity (Wildman–Crippen MR) is 184 cm³/mol. The maximum atomic E-state index is 6.41. The minimum absolute atomic E-state index is 0.641. The number of nitrogens with zero attached hydrogens (tertiary/aromatic N) is 3. The molecule has 45 heavy (non-hydrogen) atoms. The van der Waals surface area contributed by atoms with Crippen LogP contribution in [0.5, 0.6) is 0 Å². The summed E-state index contributed by atoms with van der Waals surface area (Å²) in [5.74, 6) is 1.93. The van der Waals surface area contributed by atoms with Gasteiger partial charge in [-0.2, -0.15) is 0 Å². The summed E-state index contributed by atoms with van der Waals surface area (Å²) in [6.45, 7) is 0. The van der Waals surface area contributed by atoms with Crippen molar-refractivity contribution in [2.45, 2.75) is 0 Å². The van der Waals surface area contributed by atoms with Crippen molar-refractivity contribution in [3.63, 3.8) is 0 Å². The molecule has 0 aliphatic carbocycles. The van der Waals surface area contributed by atoms with Crippen LogP contribution in [0.25, 0.3) is 88.8 Å². The number of fused-ring (bicyclic) bond motifs is 5. The normalized spacial score (nSPS) is 11.6. The monoisotopic (exact) mass is 575 g/mol. The van der Waals surface area contributed by atoms with Crippen molar-refractivity contribution in [1.29, 1.82) is 0 Å². The van der Waals surface area contributed by atoms with E-state index < -0.39 is 0 Å². The van der Waals surface area contributed by atoms with Crippen LogP contribution in [-0.4, -0.2) is 15.0 Å². The van der Waals surface area contributed by atoms with Gasteiger partial charge in [0.25, 0.3) is 0 Å². The third-order valence-corrected chi connectivity index (χ3v) is 8.52. The molecule has 4 heteroatoms. The lowest BCUT2D eigenvalue weighted by Gasteiger charge is -2.15. The Hall–Kier alpha value is -6.13. The molecule has 0 saturated carbocycles. The van der Waals surface area contributed by atoms with Crippen molar-refractivity contribution in [1.82, 2.24) is 15.0 Å². The Bertz CT molecular complexity index is 2480. The summed E-state index contributed by atoms with van der Waals surface area (Å²) in [5.41, 5.74) is 6.94. The van der Waals surface area contributed by atoms with Crippen LogP contribution in [0.15, 0.2) is 156 Å². The van der Waals surface area contributed by atoms with E-state index in [-0.39, 0.29) is 0 Å². The zero-order valence-corrected chi connectivity index (χ0v) is 24.2. The van der Waals surface area contributed by atoms with E-state index in [9.17, 15) is 0 Å². The van der Waals surface area contributed by atoms with Gasteiger partial charge in [-0.25, -0.2) is 15.0 Å². The van der Waals surface area contributed by atoms with Crippen LogP contribution in [0.3, 0.4) is 0 Å². The second-order valence-electron chi connectivity index (χ2n) is 11.2. The first-order chi connectivity index (χ1) is 22.3. The first kappa shape index (κ1) is 25.4. The van der Waals surface area contributed by atoms with E-state index in [0.29, 0.717) is 17.5 Å². The molecule has 0 bridgehead atoms. The van der Waals surface area contributed by atoms with Gasteiger partial charge in [0.1, 0.15) is 11.2 Å². The highest BCUT2D eigenvalue weighted by atomic mass is 16.3. The molecule has 0 aliphatic heterocycles. The molecule has 0 spiro atoms. The molecule has 0 atom stereocenters. The molecule has 4 nitrogen and oxygen atoms in total. The summed E-state index contributed by atoms with van der Waals surface area (Å²) >= 11 is 0. The number of para-hydroxylation sites is 1. The molecular formula is C41H25N3O. The molecule has 210 valence electrons. The minimum atomic E-state index is 0.641. The molecule has 2 heterocycles. The van der Waals surface area contributed by atoms with Gasteiger partial charge in [-0.1, -0.05) is 140 Å². The van der Waals surface area contributed by atoms with E-state index in [0.717, 1.165) is 60.4 Å². The Morgan fingerprint density at radius 2 is 0.911 bits per heavy atom. The average molecular weight is 576 g/mol. The van der Waals surface area contributed by atoms with Crippen LogP contribution in [0.4, 0.5) is 0 Å². The predicted octanol–water partition coefficient (Wildman–Crippen LogP) is 10.7. The summed E-state index contributed by atoms with van der Waals surface area (Å²) in [6.07, 6.45) is 0. The second kappa shape index (κ2) is 10.2. The second-order valence-corrected chi connectivity index (χ2v) is 11.2. The lowest BCUT2D eigenvalue weighted by atomic mass is 9.89. The van der Waals surface area contributed by atoms with E-state index in [1.165, 1.54) is 10.9 Å². The van der Waals surface area contributed by atoms with Crippen LogP contribution in [0, 0.1) is 0 Å². The van der Waals surface area contributed by atoms with Crippen molar-refractivity contribution >= 4 is 43.5 Å². The molecule has 0 aliphatic rings. The summed E-state index contributed by atoms with van der Waals surface area (Å²) in [4.78, 5) is 15.0. The number of hydrogen-bond donors (Lipinski definition) is 0. The van der Waals surface area contributed by atoms with E-state index in [2.05, 4.69) is 78.9 Å². The summed E-state index contributed by atoms with van der Waals surface area (Å²) in [6, 6.07) is 52.1. The van der Waals surface area contributed by atoms with Crippen molar-refractivity contribution in [3.05, 3.63) is 152 Å². The Morgan fingerprint density at radius 1 is 0.378 bits per heavy atom. The highest BCUT2D eigenvalue weighted by molar-refractivity contribution is 6.23. The van der Waals surface area contributed by atoms with Crippen molar-refractivity contribution in [3.8, 4) is 45.3 Å². The zero-order chi connectivity index (χ0) is 29.7. The van der Waals surface area contributed by atoms with Gasteiger partial charge in [-0.3, -0.25) is 0 Å². The maximum Gasteiger partial charge on any atom is 0.164 e. The standard InChI is InChI=1S/C41H25N3O/c1-3-13-26(14-4-1)39-42-40(27-15-5-2-6-16-27)44-41(43-39)33-23-12-20-30-31(33)21-11-22-32(30)37-29-18-8-7-17-28(29)25-36-38(37)34-19-9-10-24-35(34)45-36/h1-25H. The Balaban J connectivity index is 1.34. The van der Waals surface area contributed by atoms with Gasteiger partial charge >= 0.3 is 0 Å². The molecule has 9 aromatic rings. The number of aromatic nitrogens is 3. The Kier molecular flexibility index (Phi) is 5.78. The van der Waals surface area contributed by atoms with E-state index in [1.807, 2.05) is 72.8 Å². The highest BCUT2D eigenvalue weighted by Gasteiger charge is 2.20. The molecule has 0 fully saturated rings. The number of rotatable bonds is 4. The van der Waals surface area contributed by atoms with Gasteiger partial charge in [-0.15, -0.1) is 0 Å². The van der Waals surface area contributed by atoms with Crippen molar-refractivity contribution in [2.24, 2.45) is 0 Å². The van der Waals surface area contributed by atoms with Crippen LogP contribution in [-0.2, 0) is 0 Å². The Labute approximate surface area is 259 Å². The van der Waals surface area contributed by atoms with Gasteiger partial charge in [-0.05, 0) is 39.2 Å². The summed E-state index contributed by atoms with van der Waals surface area (Å²) in [5, 5.41) is 6.77. The first-order valence-corrected chi connectivity index (χ1v) is 15.0. The van der Waals surface area contributed by atoms with Gasteiger partial charge in [0.05, 0.1) is 0 Å². The SMILES string of the molecule is c1ccc(-c2nc(-c3ccccc3)nc(-c3cccc4c(-c5c6ccccc6cc6oc7ccccc7c56)cccc34)n2)cc1. The fourth-order valence-corrected chi connectivity index (χ4v) is 6.48.